The summed E-state index contributed by atoms with van der Waals surface area (Å²) in [6.07, 6.45) is 0.479. The first-order valence-corrected chi connectivity index (χ1v) is 7.57. The second-order valence-corrected chi connectivity index (χ2v) is 5.79. The molecule has 1 aliphatic rings. The SMILES string of the molecule is Cl.NC(=O)c1ccc(C[C@H](N)CN2C(=O)c3ccccc3C2=O)cc1. The zero-order chi connectivity index (χ0) is 17.3. The standard InChI is InChI=1S/C18H17N3O3.ClH/c19-13(9-11-5-7-12(8-6-11)16(20)22)10-21-17(23)14-3-1-2-4-15(14)18(21)24;/h1-8,13H,9-10,19H2,(H2,20,22);1H/t13-;/m0./s1. The normalized spacial score (nSPS) is 14.0. The molecular formula is C18H18ClN3O3. The number of halogens is 1. The monoisotopic (exact) mass is 359 g/mol. The Labute approximate surface area is 151 Å². The molecule has 1 heterocycles. The molecule has 0 spiro atoms. The van der Waals surface area contributed by atoms with Crippen LogP contribution in [0.5, 0.6) is 0 Å². The van der Waals surface area contributed by atoms with Crippen LogP contribution in [0.4, 0.5) is 0 Å². The summed E-state index contributed by atoms with van der Waals surface area (Å²) in [7, 11) is 0. The highest BCUT2D eigenvalue weighted by atomic mass is 35.5. The molecule has 0 radical (unpaired) electrons. The van der Waals surface area contributed by atoms with Gasteiger partial charge in [0.15, 0.2) is 0 Å². The maximum absolute atomic E-state index is 12.3. The molecule has 4 N–H and O–H groups in total. The first kappa shape index (κ1) is 18.6. The van der Waals surface area contributed by atoms with Crippen molar-refractivity contribution in [1.82, 2.24) is 4.90 Å². The van der Waals surface area contributed by atoms with Gasteiger partial charge in [0, 0.05) is 18.2 Å². The first-order valence-electron chi connectivity index (χ1n) is 7.57. The molecule has 0 bridgehead atoms. The van der Waals surface area contributed by atoms with E-state index in [4.69, 9.17) is 11.5 Å². The van der Waals surface area contributed by atoms with E-state index in [2.05, 4.69) is 0 Å². The second kappa shape index (κ2) is 7.46. The van der Waals surface area contributed by atoms with E-state index in [0.29, 0.717) is 23.1 Å². The van der Waals surface area contributed by atoms with E-state index in [1.165, 1.54) is 4.90 Å². The highest BCUT2D eigenvalue weighted by Crippen LogP contribution is 2.22. The van der Waals surface area contributed by atoms with E-state index >= 15 is 0 Å². The van der Waals surface area contributed by atoms with E-state index in [0.717, 1.165) is 5.56 Å². The van der Waals surface area contributed by atoms with Crippen LogP contribution in [0.2, 0.25) is 0 Å². The third-order valence-electron chi connectivity index (χ3n) is 4.03. The lowest BCUT2D eigenvalue weighted by Gasteiger charge is -2.19. The smallest absolute Gasteiger partial charge is 0.261 e. The number of hydrogen-bond acceptors (Lipinski definition) is 4. The van der Waals surface area contributed by atoms with Crippen LogP contribution in [0.25, 0.3) is 0 Å². The van der Waals surface area contributed by atoms with Gasteiger partial charge < -0.3 is 11.5 Å². The highest BCUT2D eigenvalue weighted by molar-refractivity contribution is 6.21. The van der Waals surface area contributed by atoms with Gasteiger partial charge in [-0.25, -0.2) is 0 Å². The Hall–Kier alpha value is -2.70. The number of carbonyl (C=O) groups excluding carboxylic acids is 3. The van der Waals surface area contributed by atoms with Crippen LogP contribution in [-0.4, -0.2) is 35.2 Å². The molecule has 1 atom stereocenters. The minimum Gasteiger partial charge on any atom is -0.366 e. The largest absolute Gasteiger partial charge is 0.366 e. The Kier molecular flexibility index (Phi) is 5.56. The number of hydrogen-bond donors (Lipinski definition) is 2. The van der Waals surface area contributed by atoms with Crippen LogP contribution in [0.15, 0.2) is 48.5 Å². The summed E-state index contributed by atoms with van der Waals surface area (Å²) in [5, 5.41) is 0. The third-order valence-corrected chi connectivity index (χ3v) is 4.03. The van der Waals surface area contributed by atoms with Crippen LogP contribution in [-0.2, 0) is 6.42 Å². The maximum Gasteiger partial charge on any atom is 0.261 e. The predicted octanol–water partition coefficient (Wildman–Crippen LogP) is 1.37. The predicted molar refractivity (Wildman–Crippen MR) is 95.7 cm³/mol. The van der Waals surface area contributed by atoms with Crippen LogP contribution < -0.4 is 11.5 Å². The lowest BCUT2D eigenvalue weighted by molar-refractivity contribution is 0.0644. The molecule has 2 aromatic carbocycles. The quantitative estimate of drug-likeness (QED) is 0.786. The van der Waals surface area contributed by atoms with E-state index in [-0.39, 0.29) is 30.8 Å². The zero-order valence-corrected chi connectivity index (χ0v) is 14.2. The molecule has 3 amide bonds. The summed E-state index contributed by atoms with van der Waals surface area (Å²) in [4.78, 5) is 36.9. The molecule has 2 aromatic rings. The van der Waals surface area contributed by atoms with Gasteiger partial charge >= 0.3 is 0 Å². The molecule has 25 heavy (non-hydrogen) atoms. The van der Waals surface area contributed by atoms with Crippen LogP contribution in [0.3, 0.4) is 0 Å². The van der Waals surface area contributed by atoms with Crippen molar-refractivity contribution in [2.75, 3.05) is 6.54 Å². The molecule has 1 aliphatic heterocycles. The maximum atomic E-state index is 12.3. The summed E-state index contributed by atoms with van der Waals surface area (Å²) in [6, 6.07) is 13.1. The Morgan fingerprint density at radius 2 is 1.48 bits per heavy atom. The van der Waals surface area contributed by atoms with Crippen molar-refractivity contribution in [3.05, 3.63) is 70.8 Å². The minimum atomic E-state index is -0.489. The van der Waals surface area contributed by atoms with Crippen molar-refractivity contribution in [3.63, 3.8) is 0 Å². The van der Waals surface area contributed by atoms with Crippen LogP contribution in [0.1, 0.15) is 36.6 Å². The summed E-state index contributed by atoms with van der Waals surface area (Å²) < 4.78 is 0. The molecule has 0 saturated carbocycles. The fourth-order valence-electron chi connectivity index (χ4n) is 2.81. The Morgan fingerprint density at radius 3 is 1.96 bits per heavy atom. The van der Waals surface area contributed by atoms with Gasteiger partial charge in [-0.3, -0.25) is 19.3 Å². The zero-order valence-electron chi connectivity index (χ0n) is 13.3. The van der Waals surface area contributed by atoms with E-state index in [9.17, 15) is 14.4 Å². The van der Waals surface area contributed by atoms with E-state index < -0.39 is 11.9 Å². The van der Waals surface area contributed by atoms with Crippen molar-refractivity contribution < 1.29 is 14.4 Å². The number of nitrogens with zero attached hydrogens (tertiary/aromatic N) is 1. The first-order chi connectivity index (χ1) is 11.5. The summed E-state index contributed by atoms with van der Waals surface area (Å²) in [5.74, 6) is -1.11. The van der Waals surface area contributed by atoms with Gasteiger partial charge in [-0.1, -0.05) is 24.3 Å². The molecule has 3 rings (SSSR count). The molecule has 7 heteroatoms. The number of primary amides is 1. The van der Waals surface area contributed by atoms with Crippen molar-refractivity contribution in [2.45, 2.75) is 12.5 Å². The molecule has 0 unspecified atom stereocenters. The lowest BCUT2D eigenvalue weighted by atomic mass is 10.0. The van der Waals surface area contributed by atoms with E-state index in [1.807, 2.05) is 0 Å². The van der Waals surface area contributed by atoms with Gasteiger partial charge in [-0.2, -0.15) is 0 Å². The lowest BCUT2D eigenvalue weighted by Crippen LogP contribution is -2.41. The second-order valence-electron chi connectivity index (χ2n) is 5.79. The molecule has 0 aliphatic carbocycles. The average molecular weight is 360 g/mol. The number of nitrogens with two attached hydrogens (primary N) is 2. The fraction of sp³-hybridized carbons (Fsp3) is 0.167. The van der Waals surface area contributed by atoms with Crippen LogP contribution in [0, 0.1) is 0 Å². The molecule has 0 fully saturated rings. The molecular weight excluding hydrogens is 342 g/mol. The molecule has 130 valence electrons. The number of imide groups is 1. The van der Waals surface area contributed by atoms with Gasteiger partial charge in [0.05, 0.1) is 11.1 Å². The number of fused-ring (bicyclic) bond motifs is 1. The summed E-state index contributed by atoms with van der Waals surface area (Å²) in [6.45, 7) is 0.143. The van der Waals surface area contributed by atoms with Crippen molar-refractivity contribution in [2.24, 2.45) is 11.5 Å². The van der Waals surface area contributed by atoms with Gasteiger partial charge in [0.25, 0.3) is 11.8 Å². The minimum absolute atomic E-state index is 0. The van der Waals surface area contributed by atoms with Crippen molar-refractivity contribution in [3.8, 4) is 0 Å². The van der Waals surface area contributed by atoms with Gasteiger partial charge in [0.2, 0.25) is 5.91 Å². The molecule has 0 aromatic heterocycles. The Bertz CT molecular complexity index is 786. The highest BCUT2D eigenvalue weighted by Gasteiger charge is 2.35. The number of carbonyl (C=O) groups is 3. The topological polar surface area (TPSA) is 106 Å². The third kappa shape index (κ3) is 3.70. The van der Waals surface area contributed by atoms with Gasteiger partial charge in [-0.05, 0) is 36.2 Å². The van der Waals surface area contributed by atoms with Crippen molar-refractivity contribution in [1.29, 1.82) is 0 Å². The number of rotatable bonds is 5. The summed E-state index contributed by atoms with van der Waals surface area (Å²) >= 11 is 0. The summed E-state index contributed by atoms with van der Waals surface area (Å²) in [5.41, 5.74) is 13.5. The average Bonchev–Trinajstić information content (AvgIpc) is 2.81. The molecule has 0 saturated heterocycles. The van der Waals surface area contributed by atoms with Crippen molar-refractivity contribution >= 4 is 30.1 Å². The van der Waals surface area contributed by atoms with Crippen LogP contribution >= 0.6 is 12.4 Å². The number of benzene rings is 2. The number of amides is 3. The Balaban J connectivity index is 0.00000225. The van der Waals surface area contributed by atoms with Gasteiger partial charge in [0.1, 0.15) is 0 Å². The Morgan fingerprint density at radius 1 is 0.960 bits per heavy atom. The van der Waals surface area contributed by atoms with Gasteiger partial charge in [-0.15, -0.1) is 12.4 Å². The fourth-order valence-corrected chi connectivity index (χ4v) is 2.81. The molecule has 6 nitrogen and oxygen atoms in total. The van der Waals surface area contributed by atoms with E-state index in [1.54, 1.807) is 48.5 Å².